The van der Waals surface area contributed by atoms with Crippen LogP contribution in [0.25, 0.3) is 5.57 Å². The third-order valence-corrected chi connectivity index (χ3v) is 2.78. The molecule has 0 bridgehead atoms. The van der Waals surface area contributed by atoms with Crippen molar-refractivity contribution in [1.29, 1.82) is 0 Å². The molecule has 1 aromatic carbocycles. The Bertz CT molecular complexity index is 473. The van der Waals surface area contributed by atoms with E-state index in [1.807, 2.05) is 24.3 Å². The molecule has 1 aliphatic rings. The van der Waals surface area contributed by atoms with E-state index in [0.29, 0.717) is 6.42 Å². The average molecular weight is 232 g/mol. The van der Waals surface area contributed by atoms with Crippen molar-refractivity contribution in [2.24, 2.45) is 11.5 Å². The maximum atomic E-state index is 9.83. The predicted molar refractivity (Wildman–Crippen MR) is 67.4 cm³/mol. The summed E-state index contributed by atoms with van der Waals surface area (Å²) in [5, 5.41) is 9.83. The lowest BCUT2D eigenvalue weighted by atomic mass is 9.90. The zero-order valence-corrected chi connectivity index (χ0v) is 9.68. The molecule has 0 spiro atoms. The standard InChI is InChI=1S/C13H16N2O2/c1-17-10-4-2-9(3-5-10)11-8-13(14,15)7-6-12(11)16/h2-7,16H,8,14-15H2,1H3. The van der Waals surface area contributed by atoms with E-state index in [-0.39, 0.29) is 5.76 Å². The van der Waals surface area contributed by atoms with Gasteiger partial charge < -0.3 is 21.3 Å². The van der Waals surface area contributed by atoms with Gasteiger partial charge in [0.2, 0.25) is 0 Å². The lowest BCUT2D eigenvalue weighted by Gasteiger charge is -2.26. The maximum absolute atomic E-state index is 9.83. The van der Waals surface area contributed by atoms with Crippen LogP contribution in [0.15, 0.2) is 42.2 Å². The molecular formula is C13H16N2O2. The Kier molecular flexibility index (Phi) is 2.92. The van der Waals surface area contributed by atoms with Gasteiger partial charge in [-0.1, -0.05) is 12.1 Å². The van der Waals surface area contributed by atoms with Gasteiger partial charge in [0.15, 0.2) is 0 Å². The quantitative estimate of drug-likeness (QED) is 0.675. The monoisotopic (exact) mass is 232 g/mol. The number of rotatable bonds is 2. The lowest BCUT2D eigenvalue weighted by molar-refractivity contribution is 0.414. The molecule has 0 heterocycles. The lowest BCUT2D eigenvalue weighted by Crippen LogP contribution is -2.48. The van der Waals surface area contributed by atoms with Crippen LogP contribution in [0.2, 0.25) is 0 Å². The Hall–Kier alpha value is -1.78. The number of aliphatic hydroxyl groups is 1. The summed E-state index contributed by atoms with van der Waals surface area (Å²) < 4.78 is 5.08. The molecule has 0 saturated carbocycles. The molecule has 0 saturated heterocycles. The molecule has 4 heteroatoms. The van der Waals surface area contributed by atoms with E-state index in [0.717, 1.165) is 16.9 Å². The molecule has 17 heavy (non-hydrogen) atoms. The summed E-state index contributed by atoms with van der Waals surface area (Å²) in [5.74, 6) is 0.980. The smallest absolute Gasteiger partial charge is 0.119 e. The summed E-state index contributed by atoms with van der Waals surface area (Å²) >= 11 is 0. The number of allylic oxidation sites excluding steroid dienone is 1. The van der Waals surface area contributed by atoms with Gasteiger partial charge >= 0.3 is 0 Å². The van der Waals surface area contributed by atoms with Crippen molar-refractivity contribution < 1.29 is 9.84 Å². The fourth-order valence-corrected chi connectivity index (χ4v) is 1.83. The van der Waals surface area contributed by atoms with Gasteiger partial charge in [-0.25, -0.2) is 0 Å². The van der Waals surface area contributed by atoms with Crippen molar-refractivity contribution in [3.05, 3.63) is 47.7 Å². The number of aliphatic hydroxyl groups excluding tert-OH is 1. The van der Waals surface area contributed by atoms with Crippen LogP contribution in [0.5, 0.6) is 5.75 Å². The van der Waals surface area contributed by atoms with Crippen molar-refractivity contribution in [1.82, 2.24) is 0 Å². The van der Waals surface area contributed by atoms with Gasteiger partial charge in [-0.05, 0) is 29.8 Å². The van der Waals surface area contributed by atoms with Crippen LogP contribution in [0.3, 0.4) is 0 Å². The van der Waals surface area contributed by atoms with Gasteiger partial charge in [0.05, 0.1) is 12.8 Å². The molecule has 1 aliphatic carbocycles. The zero-order valence-electron chi connectivity index (χ0n) is 9.68. The van der Waals surface area contributed by atoms with Gasteiger partial charge in [-0.2, -0.15) is 0 Å². The first-order valence-electron chi connectivity index (χ1n) is 5.35. The van der Waals surface area contributed by atoms with Crippen LogP contribution in [0, 0.1) is 0 Å². The van der Waals surface area contributed by atoms with Gasteiger partial charge in [0, 0.05) is 12.0 Å². The molecule has 5 N–H and O–H groups in total. The van der Waals surface area contributed by atoms with Crippen molar-refractivity contribution >= 4 is 5.57 Å². The first kappa shape index (κ1) is 11.7. The highest BCUT2D eigenvalue weighted by Crippen LogP contribution is 2.30. The van der Waals surface area contributed by atoms with E-state index in [1.165, 1.54) is 0 Å². The topological polar surface area (TPSA) is 81.5 Å². The molecular weight excluding hydrogens is 216 g/mol. The van der Waals surface area contributed by atoms with Gasteiger partial charge in [-0.3, -0.25) is 0 Å². The maximum Gasteiger partial charge on any atom is 0.119 e. The third kappa shape index (κ3) is 2.49. The fraction of sp³-hybridized carbons (Fsp3) is 0.231. The molecule has 0 aliphatic heterocycles. The Morgan fingerprint density at radius 1 is 1.24 bits per heavy atom. The summed E-state index contributed by atoms with van der Waals surface area (Å²) in [4.78, 5) is 0. The number of nitrogens with two attached hydrogens (primary N) is 2. The minimum absolute atomic E-state index is 0.210. The second-order valence-corrected chi connectivity index (χ2v) is 4.21. The first-order valence-corrected chi connectivity index (χ1v) is 5.35. The molecule has 0 unspecified atom stereocenters. The summed E-state index contributed by atoms with van der Waals surface area (Å²) in [5.41, 5.74) is 12.4. The Morgan fingerprint density at radius 3 is 2.47 bits per heavy atom. The minimum Gasteiger partial charge on any atom is -0.508 e. The van der Waals surface area contributed by atoms with Crippen molar-refractivity contribution in [3.8, 4) is 5.75 Å². The molecule has 0 amide bonds. The number of benzene rings is 1. The van der Waals surface area contributed by atoms with Gasteiger partial charge in [0.25, 0.3) is 0 Å². The van der Waals surface area contributed by atoms with Crippen LogP contribution in [0.1, 0.15) is 12.0 Å². The van der Waals surface area contributed by atoms with Crippen LogP contribution >= 0.6 is 0 Å². The Balaban J connectivity index is 2.35. The summed E-state index contributed by atoms with van der Waals surface area (Å²) in [6, 6.07) is 7.42. The second-order valence-electron chi connectivity index (χ2n) is 4.21. The van der Waals surface area contributed by atoms with Crippen molar-refractivity contribution in [2.75, 3.05) is 7.11 Å². The molecule has 0 fully saturated rings. The summed E-state index contributed by atoms with van der Waals surface area (Å²) in [6.45, 7) is 0. The predicted octanol–water partition coefficient (Wildman–Crippen LogP) is 1.54. The zero-order chi connectivity index (χ0) is 12.5. The number of hydrogen-bond acceptors (Lipinski definition) is 4. The molecule has 0 radical (unpaired) electrons. The number of methoxy groups -OCH3 is 1. The van der Waals surface area contributed by atoms with Gasteiger partial charge in [0.1, 0.15) is 11.5 Å². The Labute approximate surface area is 100 Å². The molecule has 0 atom stereocenters. The largest absolute Gasteiger partial charge is 0.508 e. The molecule has 1 aromatic rings. The first-order chi connectivity index (χ1) is 8.02. The highest BCUT2D eigenvalue weighted by atomic mass is 16.5. The third-order valence-electron chi connectivity index (χ3n) is 2.78. The summed E-state index contributed by atoms with van der Waals surface area (Å²) in [7, 11) is 1.61. The van der Waals surface area contributed by atoms with Crippen LogP contribution < -0.4 is 16.2 Å². The molecule has 4 nitrogen and oxygen atoms in total. The van der Waals surface area contributed by atoms with Crippen LogP contribution in [0.4, 0.5) is 0 Å². The van der Waals surface area contributed by atoms with E-state index in [1.54, 1.807) is 19.3 Å². The van der Waals surface area contributed by atoms with Crippen molar-refractivity contribution in [3.63, 3.8) is 0 Å². The van der Waals surface area contributed by atoms with Gasteiger partial charge in [-0.15, -0.1) is 0 Å². The molecule has 2 rings (SSSR count). The van der Waals surface area contributed by atoms with E-state index >= 15 is 0 Å². The second kappa shape index (κ2) is 4.24. The van der Waals surface area contributed by atoms with Crippen LogP contribution in [-0.4, -0.2) is 17.9 Å². The van der Waals surface area contributed by atoms with E-state index in [4.69, 9.17) is 16.2 Å². The molecule has 0 aromatic heterocycles. The van der Waals surface area contributed by atoms with E-state index in [2.05, 4.69) is 0 Å². The highest BCUT2D eigenvalue weighted by Gasteiger charge is 2.24. The normalized spacial score (nSPS) is 18.3. The number of ether oxygens (including phenoxy) is 1. The highest BCUT2D eigenvalue weighted by molar-refractivity contribution is 5.72. The fourth-order valence-electron chi connectivity index (χ4n) is 1.83. The van der Waals surface area contributed by atoms with Crippen LogP contribution in [-0.2, 0) is 0 Å². The average Bonchev–Trinajstić information content (AvgIpc) is 2.33. The van der Waals surface area contributed by atoms with E-state index in [9.17, 15) is 5.11 Å². The SMILES string of the molecule is COc1ccc(C2=C(O)C=CC(N)(N)C2)cc1. The molecule has 90 valence electrons. The number of hydrogen-bond donors (Lipinski definition) is 3. The minimum atomic E-state index is -0.901. The summed E-state index contributed by atoms with van der Waals surface area (Å²) in [6.07, 6.45) is 3.56. The van der Waals surface area contributed by atoms with E-state index < -0.39 is 5.66 Å². The van der Waals surface area contributed by atoms with Crippen molar-refractivity contribution in [2.45, 2.75) is 12.1 Å². The Morgan fingerprint density at radius 2 is 1.88 bits per heavy atom.